The van der Waals surface area contributed by atoms with E-state index in [1.54, 1.807) is 0 Å². The third-order valence-corrected chi connectivity index (χ3v) is 4.79. The van der Waals surface area contributed by atoms with E-state index in [-0.39, 0.29) is 11.6 Å². The summed E-state index contributed by atoms with van der Waals surface area (Å²) in [5.41, 5.74) is 5.89. The molecule has 4 nitrogen and oxygen atoms in total. The van der Waals surface area contributed by atoms with Crippen molar-refractivity contribution in [2.24, 2.45) is 22.6 Å². The zero-order valence-corrected chi connectivity index (χ0v) is 10.5. The number of aliphatic imine (C=N–C) groups is 1. The van der Waals surface area contributed by atoms with Crippen molar-refractivity contribution in [1.82, 2.24) is 4.90 Å². The average Bonchev–Trinajstić information content (AvgIpc) is 2.97. The summed E-state index contributed by atoms with van der Waals surface area (Å²) in [5.74, 6) is 1.80. The van der Waals surface area contributed by atoms with Crippen LogP contribution in [0.1, 0.15) is 45.4 Å². The molecule has 3 aliphatic rings. The fourth-order valence-corrected chi connectivity index (χ4v) is 3.66. The molecular weight excluding hydrogens is 214 g/mol. The van der Waals surface area contributed by atoms with Crippen LogP contribution < -0.4 is 5.73 Å². The Labute approximate surface area is 102 Å². The molecule has 0 aromatic carbocycles. The highest BCUT2D eigenvalue weighted by Crippen LogP contribution is 2.46. The van der Waals surface area contributed by atoms with E-state index in [2.05, 4.69) is 11.9 Å². The minimum Gasteiger partial charge on any atom is -0.385 e. The lowest BCUT2D eigenvalue weighted by Crippen LogP contribution is -2.57. The second kappa shape index (κ2) is 3.72. The summed E-state index contributed by atoms with van der Waals surface area (Å²) in [6, 6.07) is -0.0882. The van der Waals surface area contributed by atoms with Gasteiger partial charge >= 0.3 is 6.03 Å². The SMILES string of the molecule is CCC1CCCC12C(N)=NC(=O)N2CC1CC1. The van der Waals surface area contributed by atoms with E-state index in [0.717, 1.165) is 19.4 Å². The number of nitrogens with zero attached hydrogens (tertiary/aromatic N) is 2. The Morgan fingerprint density at radius 2 is 2.24 bits per heavy atom. The summed E-state index contributed by atoms with van der Waals surface area (Å²) in [4.78, 5) is 18.1. The number of hydrogen-bond donors (Lipinski definition) is 1. The van der Waals surface area contributed by atoms with Crippen molar-refractivity contribution < 1.29 is 4.79 Å². The highest BCUT2D eigenvalue weighted by atomic mass is 16.2. The molecule has 2 aliphatic carbocycles. The molecule has 1 aliphatic heterocycles. The number of amides is 2. The van der Waals surface area contributed by atoms with Gasteiger partial charge in [0.2, 0.25) is 0 Å². The summed E-state index contributed by atoms with van der Waals surface area (Å²) >= 11 is 0. The van der Waals surface area contributed by atoms with Crippen LogP contribution in [-0.4, -0.2) is 28.9 Å². The molecule has 2 unspecified atom stereocenters. The Morgan fingerprint density at radius 1 is 1.47 bits per heavy atom. The maximum atomic E-state index is 12.0. The highest BCUT2D eigenvalue weighted by molar-refractivity contribution is 6.06. The molecule has 2 N–H and O–H groups in total. The molecule has 2 atom stereocenters. The monoisotopic (exact) mass is 235 g/mol. The number of amidine groups is 1. The summed E-state index contributed by atoms with van der Waals surface area (Å²) in [7, 11) is 0. The third-order valence-electron chi connectivity index (χ3n) is 4.79. The predicted octanol–water partition coefficient (Wildman–Crippen LogP) is 2.14. The molecule has 1 spiro atoms. The normalized spacial score (nSPS) is 37.0. The highest BCUT2D eigenvalue weighted by Gasteiger charge is 2.55. The van der Waals surface area contributed by atoms with Gasteiger partial charge in [0.15, 0.2) is 0 Å². The van der Waals surface area contributed by atoms with E-state index in [1.165, 1.54) is 25.7 Å². The zero-order chi connectivity index (χ0) is 12.0. The summed E-state index contributed by atoms with van der Waals surface area (Å²) in [6.07, 6.45) is 6.97. The number of nitrogens with two attached hydrogens (primary N) is 1. The van der Waals surface area contributed by atoms with Gasteiger partial charge in [-0.25, -0.2) is 4.79 Å². The maximum absolute atomic E-state index is 12.0. The van der Waals surface area contributed by atoms with Crippen LogP contribution in [0.4, 0.5) is 4.79 Å². The zero-order valence-electron chi connectivity index (χ0n) is 10.5. The van der Waals surface area contributed by atoms with Gasteiger partial charge in [-0.05, 0) is 37.5 Å². The van der Waals surface area contributed by atoms with Gasteiger partial charge in [0.25, 0.3) is 0 Å². The molecule has 2 fully saturated rings. The van der Waals surface area contributed by atoms with Crippen LogP contribution in [0.2, 0.25) is 0 Å². The van der Waals surface area contributed by atoms with Gasteiger partial charge < -0.3 is 10.6 Å². The molecule has 3 rings (SSSR count). The van der Waals surface area contributed by atoms with Crippen LogP contribution in [-0.2, 0) is 0 Å². The van der Waals surface area contributed by atoms with Crippen LogP contribution in [0.5, 0.6) is 0 Å². The second-order valence-corrected chi connectivity index (χ2v) is 5.76. The first kappa shape index (κ1) is 11.1. The van der Waals surface area contributed by atoms with E-state index in [1.807, 2.05) is 4.90 Å². The van der Waals surface area contributed by atoms with Crippen LogP contribution in [0.25, 0.3) is 0 Å². The Hall–Kier alpha value is -1.06. The Balaban J connectivity index is 1.92. The smallest absolute Gasteiger partial charge is 0.346 e. The van der Waals surface area contributed by atoms with Crippen LogP contribution >= 0.6 is 0 Å². The van der Waals surface area contributed by atoms with E-state index in [0.29, 0.717) is 17.7 Å². The van der Waals surface area contributed by atoms with Gasteiger partial charge in [0.1, 0.15) is 11.4 Å². The van der Waals surface area contributed by atoms with Crippen LogP contribution in [0.15, 0.2) is 4.99 Å². The van der Waals surface area contributed by atoms with E-state index < -0.39 is 0 Å². The lowest BCUT2D eigenvalue weighted by Gasteiger charge is -2.39. The molecule has 2 amide bonds. The van der Waals surface area contributed by atoms with E-state index in [4.69, 9.17) is 5.73 Å². The Kier molecular flexibility index (Phi) is 2.42. The van der Waals surface area contributed by atoms with Gasteiger partial charge in [-0.1, -0.05) is 19.8 Å². The van der Waals surface area contributed by atoms with Crippen molar-refractivity contribution >= 4 is 11.9 Å². The third kappa shape index (κ3) is 1.49. The number of rotatable bonds is 3. The standard InChI is InChI=1S/C13H21N3O/c1-2-10-4-3-7-13(10)11(14)15-12(17)16(13)8-9-5-6-9/h9-10H,2-8H2,1H3,(H2,14,15,17). The number of carbonyl (C=O) groups excluding carboxylic acids is 1. The fraction of sp³-hybridized carbons (Fsp3) is 0.846. The van der Waals surface area contributed by atoms with Crippen molar-refractivity contribution in [3.05, 3.63) is 0 Å². The topological polar surface area (TPSA) is 58.7 Å². The largest absolute Gasteiger partial charge is 0.385 e. The van der Waals surface area contributed by atoms with Gasteiger partial charge in [-0.2, -0.15) is 4.99 Å². The maximum Gasteiger partial charge on any atom is 0.346 e. The molecule has 0 bridgehead atoms. The van der Waals surface area contributed by atoms with Crippen LogP contribution in [0, 0.1) is 11.8 Å². The second-order valence-electron chi connectivity index (χ2n) is 5.76. The number of urea groups is 1. The molecule has 0 radical (unpaired) electrons. The first-order valence-electron chi connectivity index (χ1n) is 6.84. The molecular formula is C13H21N3O. The van der Waals surface area contributed by atoms with Gasteiger partial charge in [0, 0.05) is 6.54 Å². The molecule has 94 valence electrons. The van der Waals surface area contributed by atoms with Gasteiger partial charge in [0.05, 0.1) is 0 Å². The molecule has 0 saturated heterocycles. The van der Waals surface area contributed by atoms with Crippen molar-refractivity contribution in [3.63, 3.8) is 0 Å². The quantitative estimate of drug-likeness (QED) is 0.814. The molecule has 0 aromatic rings. The van der Waals surface area contributed by atoms with Crippen LogP contribution in [0.3, 0.4) is 0 Å². The fourth-order valence-electron chi connectivity index (χ4n) is 3.66. The van der Waals surface area contributed by atoms with Crippen molar-refractivity contribution in [3.8, 4) is 0 Å². The van der Waals surface area contributed by atoms with Crippen molar-refractivity contribution in [1.29, 1.82) is 0 Å². The summed E-state index contributed by atoms with van der Waals surface area (Å²) in [5, 5.41) is 0. The number of hydrogen-bond acceptors (Lipinski definition) is 2. The Bertz CT molecular complexity index is 375. The molecule has 1 heterocycles. The lowest BCUT2D eigenvalue weighted by atomic mass is 9.83. The molecule has 4 heteroatoms. The van der Waals surface area contributed by atoms with E-state index in [9.17, 15) is 4.79 Å². The molecule has 2 saturated carbocycles. The first-order valence-corrected chi connectivity index (χ1v) is 6.84. The minimum absolute atomic E-state index is 0.0882. The summed E-state index contributed by atoms with van der Waals surface area (Å²) in [6.45, 7) is 3.07. The number of carbonyl (C=O) groups is 1. The summed E-state index contributed by atoms with van der Waals surface area (Å²) < 4.78 is 0. The minimum atomic E-state index is -0.214. The van der Waals surface area contributed by atoms with Gasteiger partial charge in [-0.3, -0.25) is 0 Å². The van der Waals surface area contributed by atoms with Crippen molar-refractivity contribution in [2.45, 2.75) is 51.0 Å². The van der Waals surface area contributed by atoms with Gasteiger partial charge in [-0.15, -0.1) is 0 Å². The van der Waals surface area contributed by atoms with E-state index >= 15 is 0 Å². The van der Waals surface area contributed by atoms with Crippen molar-refractivity contribution in [2.75, 3.05) is 6.54 Å². The predicted molar refractivity (Wildman–Crippen MR) is 66.8 cm³/mol. The molecule has 17 heavy (non-hydrogen) atoms. The lowest BCUT2D eigenvalue weighted by molar-refractivity contribution is 0.139. The molecule has 0 aromatic heterocycles. The first-order chi connectivity index (χ1) is 8.18. The average molecular weight is 235 g/mol. The Morgan fingerprint density at radius 3 is 2.88 bits per heavy atom.